The molecule has 15 heavy (non-hydrogen) atoms. The van der Waals surface area contributed by atoms with Gasteiger partial charge in [0.2, 0.25) is 5.95 Å². The first-order valence-electron chi connectivity index (χ1n) is 5.17. The van der Waals surface area contributed by atoms with E-state index in [0.717, 1.165) is 23.8 Å². The van der Waals surface area contributed by atoms with Crippen molar-refractivity contribution >= 4 is 23.5 Å². The Hall–Kier alpha value is -0.970. The fraction of sp³-hybridized carbons (Fsp3) is 0.600. The fourth-order valence-corrected chi connectivity index (χ4v) is 1.90. The second-order valence-corrected chi connectivity index (χ2v) is 5.14. The molecule has 0 amide bonds. The van der Waals surface area contributed by atoms with Crippen LogP contribution in [0.3, 0.4) is 0 Å². The number of anilines is 2. The SMILES string of the molecule is CCCNc1cc(SC(C)C)nc(N)n1. The summed E-state index contributed by atoms with van der Waals surface area (Å²) in [5, 5.41) is 4.63. The number of rotatable bonds is 5. The standard InChI is InChI=1S/C10H18N4S/c1-4-5-12-8-6-9(15-7(2)3)14-10(11)13-8/h6-7H,4-5H2,1-3H3,(H3,11,12,13,14). The van der Waals surface area contributed by atoms with Crippen LogP contribution >= 0.6 is 11.8 Å². The van der Waals surface area contributed by atoms with E-state index < -0.39 is 0 Å². The maximum Gasteiger partial charge on any atom is 0.223 e. The Morgan fingerprint density at radius 2 is 2.20 bits per heavy atom. The van der Waals surface area contributed by atoms with Crippen LogP contribution in [-0.2, 0) is 0 Å². The summed E-state index contributed by atoms with van der Waals surface area (Å²) >= 11 is 1.69. The highest BCUT2D eigenvalue weighted by atomic mass is 32.2. The summed E-state index contributed by atoms with van der Waals surface area (Å²) in [7, 11) is 0. The van der Waals surface area contributed by atoms with Crippen LogP contribution in [0.5, 0.6) is 0 Å². The Morgan fingerprint density at radius 3 is 2.80 bits per heavy atom. The van der Waals surface area contributed by atoms with Crippen molar-refractivity contribution < 1.29 is 0 Å². The molecule has 5 heteroatoms. The minimum atomic E-state index is 0.333. The third kappa shape index (κ3) is 4.38. The molecule has 0 aromatic carbocycles. The van der Waals surface area contributed by atoms with Gasteiger partial charge in [0, 0.05) is 17.9 Å². The van der Waals surface area contributed by atoms with E-state index >= 15 is 0 Å². The monoisotopic (exact) mass is 226 g/mol. The predicted molar refractivity (Wildman–Crippen MR) is 66.2 cm³/mol. The number of thioether (sulfide) groups is 1. The Labute approximate surface area is 95.1 Å². The van der Waals surface area contributed by atoms with Crippen LogP contribution in [-0.4, -0.2) is 21.8 Å². The number of hydrogen-bond acceptors (Lipinski definition) is 5. The molecule has 0 saturated heterocycles. The molecule has 4 nitrogen and oxygen atoms in total. The van der Waals surface area contributed by atoms with Crippen molar-refractivity contribution in [1.29, 1.82) is 0 Å². The van der Waals surface area contributed by atoms with Gasteiger partial charge in [-0.05, 0) is 6.42 Å². The summed E-state index contributed by atoms with van der Waals surface area (Å²) in [4.78, 5) is 8.29. The van der Waals surface area contributed by atoms with Crippen LogP contribution in [0.15, 0.2) is 11.1 Å². The van der Waals surface area contributed by atoms with Crippen LogP contribution in [0.25, 0.3) is 0 Å². The topological polar surface area (TPSA) is 63.8 Å². The highest BCUT2D eigenvalue weighted by Crippen LogP contribution is 2.23. The van der Waals surface area contributed by atoms with Gasteiger partial charge < -0.3 is 11.1 Å². The van der Waals surface area contributed by atoms with Gasteiger partial charge in [-0.25, -0.2) is 4.98 Å². The highest BCUT2D eigenvalue weighted by molar-refractivity contribution is 7.99. The molecule has 0 bridgehead atoms. The zero-order valence-electron chi connectivity index (χ0n) is 9.45. The van der Waals surface area contributed by atoms with Gasteiger partial charge in [-0.2, -0.15) is 4.98 Å². The Bertz CT molecular complexity index is 314. The lowest BCUT2D eigenvalue weighted by molar-refractivity contribution is 0.955. The lowest BCUT2D eigenvalue weighted by atomic mass is 10.4. The molecule has 3 N–H and O–H groups in total. The summed E-state index contributed by atoms with van der Waals surface area (Å²) in [6.45, 7) is 7.27. The zero-order valence-corrected chi connectivity index (χ0v) is 10.3. The lowest BCUT2D eigenvalue weighted by Crippen LogP contribution is -2.05. The van der Waals surface area contributed by atoms with Gasteiger partial charge in [0.05, 0.1) is 0 Å². The molecule has 84 valence electrons. The summed E-state index contributed by atoms with van der Waals surface area (Å²) in [6, 6.07) is 1.94. The van der Waals surface area contributed by atoms with Gasteiger partial charge in [0.15, 0.2) is 0 Å². The van der Waals surface area contributed by atoms with E-state index in [1.54, 1.807) is 11.8 Å². The molecule has 0 saturated carbocycles. The van der Waals surface area contributed by atoms with Crippen molar-refractivity contribution in [2.75, 3.05) is 17.6 Å². The van der Waals surface area contributed by atoms with Gasteiger partial charge in [-0.3, -0.25) is 0 Å². The summed E-state index contributed by atoms with van der Waals surface area (Å²) < 4.78 is 0. The minimum Gasteiger partial charge on any atom is -0.370 e. The number of hydrogen-bond donors (Lipinski definition) is 2. The molecule has 0 aliphatic heterocycles. The molecular weight excluding hydrogens is 208 g/mol. The molecule has 1 heterocycles. The molecular formula is C10H18N4S. The fourth-order valence-electron chi connectivity index (χ4n) is 1.09. The molecule has 1 aromatic heterocycles. The van der Waals surface area contributed by atoms with E-state index in [1.807, 2.05) is 6.07 Å². The van der Waals surface area contributed by atoms with Crippen LogP contribution in [0, 0.1) is 0 Å². The Balaban J connectivity index is 2.75. The minimum absolute atomic E-state index is 0.333. The molecule has 0 spiro atoms. The van der Waals surface area contributed by atoms with E-state index in [1.165, 1.54) is 0 Å². The summed E-state index contributed by atoms with van der Waals surface area (Å²) in [5.74, 6) is 1.15. The molecule has 0 aliphatic rings. The molecule has 1 aromatic rings. The zero-order chi connectivity index (χ0) is 11.3. The van der Waals surface area contributed by atoms with Gasteiger partial charge in [0.25, 0.3) is 0 Å². The normalized spacial score (nSPS) is 10.7. The largest absolute Gasteiger partial charge is 0.370 e. The number of nitrogens with two attached hydrogens (primary N) is 1. The molecule has 0 fully saturated rings. The van der Waals surface area contributed by atoms with Gasteiger partial charge >= 0.3 is 0 Å². The Kier molecular flexibility index (Phi) is 4.68. The first-order valence-corrected chi connectivity index (χ1v) is 6.05. The predicted octanol–water partition coefficient (Wildman–Crippen LogP) is 2.38. The van der Waals surface area contributed by atoms with Crippen molar-refractivity contribution in [3.05, 3.63) is 6.07 Å². The van der Waals surface area contributed by atoms with E-state index in [9.17, 15) is 0 Å². The first-order chi connectivity index (χ1) is 7.11. The van der Waals surface area contributed by atoms with Crippen molar-refractivity contribution in [2.24, 2.45) is 0 Å². The van der Waals surface area contributed by atoms with Gasteiger partial charge in [-0.15, -0.1) is 11.8 Å². The third-order valence-corrected chi connectivity index (χ3v) is 2.55. The average molecular weight is 226 g/mol. The molecule has 0 unspecified atom stereocenters. The molecule has 0 aliphatic carbocycles. The second-order valence-electron chi connectivity index (χ2n) is 3.54. The van der Waals surface area contributed by atoms with Crippen molar-refractivity contribution in [3.63, 3.8) is 0 Å². The van der Waals surface area contributed by atoms with Crippen LogP contribution < -0.4 is 11.1 Å². The number of aromatic nitrogens is 2. The number of nitrogen functional groups attached to an aromatic ring is 1. The van der Waals surface area contributed by atoms with E-state index in [4.69, 9.17) is 5.73 Å². The Morgan fingerprint density at radius 1 is 1.47 bits per heavy atom. The smallest absolute Gasteiger partial charge is 0.223 e. The van der Waals surface area contributed by atoms with Gasteiger partial charge in [-0.1, -0.05) is 20.8 Å². The van der Waals surface area contributed by atoms with Crippen molar-refractivity contribution in [3.8, 4) is 0 Å². The molecule has 0 radical (unpaired) electrons. The number of nitrogens with zero attached hydrogens (tertiary/aromatic N) is 2. The van der Waals surface area contributed by atoms with Crippen LogP contribution in [0.4, 0.5) is 11.8 Å². The lowest BCUT2D eigenvalue weighted by Gasteiger charge is -2.08. The van der Waals surface area contributed by atoms with E-state index in [2.05, 4.69) is 36.1 Å². The average Bonchev–Trinajstić information content (AvgIpc) is 2.12. The highest BCUT2D eigenvalue weighted by Gasteiger charge is 2.04. The van der Waals surface area contributed by atoms with Crippen molar-refractivity contribution in [2.45, 2.75) is 37.5 Å². The summed E-state index contributed by atoms with van der Waals surface area (Å²) in [5.41, 5.74) is 5.63. The van der Waals surface area contributed by atoms with E-state index in [0.29, 0.717) is 11.2 Å². The third-order valence-electron chi connectivity index (χ3n) is 1.63. The van der Waals surface area contributed by atoms with Crippen molar-refractivity contribution in [1.82, 2.24) is 9.97 Å². The molecule has 1 rings (SSSR count). The maximum absolute atomic E-state index is 5.63. The van der Waals surface area contributed by atoms with Crippen LogP contribution in [0.1, 0.15) is 27.2 Å². The molecule has 0 atom stereocenters. The number of nitrogens with one attached hydrogen (secondary N) is 1. The van der Waals surface area contributed by atoms with E-state index in [-0.39, 0.29) is 0 Å². The van der Waals surface area contributed by atoms with Gasteiger partial charge in [0.1, 0.15) is 10.8 Å². The quantitative estimate of drug-likeness (QED) is 0.596. The second kappa shape index (κ2) is 5.80. The maximum atomic E-state index is 5.63. The first kappa shape index (κ1) is 12.1. The summed E-state index contributed by atoms with van der Waals surface area (Å²) in [6.07, 6.45) is 1.07. The van der Waals surface area contributed by atoms with Crippen LogP contribution in [0.2, 0.25) is 0 Å².